The van der Waals surface area contributed by atoms with Crippen LogP contribution in [0.2, 0.25) is 0 Å². The molecule has 0 atom stereocenters. The molecule has 0 bridgehead atoms. The van der Waals surface area contributed by atoms with Crippen LogP contribution in [-0.2, 0) is 35.8 Å². The van der Waals surface area contributed by atoms with E-state index in [0.717, 1.165) is 23.4 Å². The van der Waals surface area contributed by atoms with Gasteiger partial charge in [-0.05, 0) is 24.1 Å². The lowest BCUT2D eigenvalue weighted by Gasteiger charge is -2.07. The fourth-order valence-corrected chi connectivity index (χ4v) is 2.83. The quantitative estimate of drug-likeness (QED) is 0.843. The molecule has 0 aliphatic carbocycles. The molecule has 0 fully saturated rings. The second-order valence-electron chi connectivity index (χ2n) is 4.99. The fourth-order valence-electron chi connectivity index (χ4n) is 2.18. The van der Waals surface area contributed by atoms with Crippen LogP contribution in [0, 0.1) is 0 Å². The molecule has 2 aromatic rings. The van der Waals surface area contributed by atoms with E-state index in [1.165, 1.54) is 0 Å². The van der Waals surface area contributed by atoms with Crippen molar-refractivity contribution < 1.29 is 8.42 Å². The van der Waals surface area contributed by atoms with Crippen LogP contribution in [0.4, 0.5) is 5.69 Å². The number of aromatic nitrogens is 2. The molecule has 114 valence electrons. The molecule has 6 nitrogen and oxygen atoms in total. The number of anilines is 1. The van der Waals surface area contributed by atoms with Crippen molar-refractivity contribution in [3.8, 4) is 0 Å². The molecule has 0 aliphatic rings. The van der Waals surface area contributed by atoms with Crippen molar-refractivity contribution in [3.05, 3.63) is 47.3 Å². The summed E-state index contributed by atoms with van der Waals surface area (Å²) in [5.41, 5.74) is 3.85. The van der Waals surface area contributed by atoms with Crippen molar-refractivity contribution in [2.75, 3.05) is 5.32 Å². The standard InChI is InChI=1S/C14H20N4O2S/c1-3-14-12(9-18(2)17-14)8-16-13-6-4-11(5-7-13)10-21(15,19)20/h4-7,9,16H,3,8,10H2,1-2H3,(H2,15,19,20). The van der Waals surface area contributed by atoms with E-state index in [9.17, 15) is 8.42 Å². The average molecular weight is 308 g/mol. The lowest BCUT2D eigenvalue weighted by molar-refractivity contribution is 0.597. The molecule has 0 unspecified atom stereocenters. The van der Waals surface area contributed by atoms with E-state index >= 15 is 0 Å². The van der Waals surface area contributed by atoms with Gasteiger partial charge in [0.1, 0.15) is 0 Å². The second-order valence-corrected chi connectivity index (χ2v) is 6.60. The molecule has 0 aliphatic heterocycles. The summed E-state index contributed by atoms with van der Waals surface area (Å²) in [6.07, 6.45) is 2.90. The molecule has 0 saturated heterocycles. The van der Waals surface area contributed by atoms with Gasteiger partial charge >= 0.3 is 0 Å². The minimum atomic E-state index is -3.48. The molecule has 2 rings (SSSR count). The summed E-state index contributed by atoms with van der Waals surface area (Å²) in [4.78, 5) is 0. The number of aryl methyl sites for hydroxylation is 2. The van der Waals surface area contributed by atoms with Crippen LogP contribution >= 0.6 is 0 Å². The zero-order valence-electron chi connectivity index (χ0n) is 12.2. The number of rotatable bonds is 6. The third-order valence-electron chi connectivity index (χ3n) is 3.13. The third kappa shape index (κ3) is 4.57. The highest BCUT2D eigenvalue weighted by molar-refractivity contribution is 7.88. The summed E-state index contributed by atoms with van der Waals surface area (Å²) in [6.45, 7) is 2.76. The van der Waals surface area contributed by atoms with Crippen LogP contribution in [0.15, 0.2) is 30.5 Å². The monoisotopic (exact) mass is 308 g/mol. The third-order valence-corrected chi connectivity index (χ3v) is 3.87. The van der Waals surface area contributed by atoms with Crippen LogP contribution < -0.4 is 10.5 Å². The minimum absolute atomic E-state index is 0.143. The Morgan fingerprint density at radius 2 is 1.95 bits per heavy atom. The Balaban J connectivity index is 2.00. The van der Waals surface area contributed by atoms with E-state index in [0.29, 0.717) is 12.1 Å². The first kappa shape index (κ1) is 15.5. The molecule has 0 radical (unpaired) electrons. The van der Waals surface area contributed by atoms with E-state index in [2.05, 4.69) is 17.3 Å². The normalized spacial score (nSPS) is 11.6. The predicted molar refractivity (Wildman–Crippen MR) is 83.2 cm³/mol. The van der Waals surface area contributed by atoms with Gasteiger partial charge in [-0.15, -0.1) is 0 Å². The highest BCUT2D eigenvalue weighted by Crippen LogP contribution is 2.14. The van der Waals surface area contributed by atoms with Crippen molar-refractivity contribution in [2.24, 2.45) is 12.2 Å². The van der Waals surface area contributed by atoms with Crippen LogP contribution in [0.1, 0.15) is 23.7 Å². The van der Waals surface area contributed by atoms with Gasteiger partial charge in [0, 0.05) is 31.0 Å². The van der Waals surface area contributed by atoms with Gasteiger partial charge in [-0.3, -0.25) is 4.68 Å². The number of hydrogen-bond donors (Lipinski definition) is 2. The molecule has 0 saturated carbocycles. The Kier molecular flexibility index (Phi) is 4.64. The van der Waals surface area contributed by atoms with Gasteiger partial charge in [0.2, 0.25) is 10.0 Å². The lowest BCUT2D eigenvalue weighted by atomic mass is 10.2. The number of sulfonamides is 1. The predicted octanol–water partition coefficient (Wildman–Crippen LogP) is 1.38. The van der Waals surface area contributed by atoms with Gasteiger partial charge in [0.05, 0.1) is 11.4 Å². The van der Waals surface area contributed by atoms with Crippen molar-refractivity contribution in [1.29, 1.82) is 0 Å². The first-order valence-electron chi connectivity index (χ1n) is 6.72. The topological polar surface area (TPSA) is 90.0 Å². The maximum atomic E-state index is 11.0. The van der Waals surface area contributed by atoms with Crippen LogP contribution in [-0.4, -0.2) is 18.2 Å². The number of hydrogen-bond acceptors (Lipinski definition) is 4. The molecule has 21 heavy (non-hydrogen) atoms. The molecule has 7 heteroatoms. The van der Waals surface area contributed by atoms with Crippen molar-refractivity contribution >= 4 is 15.7 Å². The highest BCUT2D eigenvalue weighted by atomic mass is 32.2. The smallest absolute Gasteiger partial charge is 0.213 e. The van der Waals surface area contributed by atoms with Crippen molar-refractivity contribution in [2.45, 2.75) is 25.6 Å². The molecule has 0 spiro atoms. The average Bonchev–Trinajstić information content (AvgIpc) is 2.76. The first-order valence-corrected chi connectivity index (χ1v) is 8.43. The minimum Gasteiger partial charge on any atom is -0.381 e. The summed E-state index contributed by atoms with van der Waals surface area (Å²) in [5.74, 6) is -0.143. The molecule has 1 aromatic carbocycles. The largest absolute Gasteiger partial charge is 0.381 e. The number of nitrogens with two attached hydrogens (primary N) is 1. The van der Waals surface area contributed by atoms with Crippen LogP contribution in [0.5, 0.6) is 0 Å². The van der Waals surface area contributed by atoms with Gasteiger partial charge in [-0.1, -0.05) is 19.1 Å². The zero-order valence-corrected chi connectivity index (χ0v) is 13.0. The van der Waals surface area contributed by atoms with Gasteiger partial charge in [-0.2, -0.15) is 5.10 Å². The first-order chi connectivity index (χ1) is 9.87. The van der Waals surface area contributed by atoms with E-state index in [1.54, 1.807) is 12.1 Å². The molecular weight excluding hydrogens is 288 g/mol. The fraction of sp³-hybridized carbons (Fsp3) is 0.357. The Labute approximate surface area is 125 Å². The number of nitrogens with zero attached hydrogens (tertiary/aromatic N) is 2. The van der Waals surface area contributed by atoms with E-state index in [1.807, 2.05) is 30.1 Å². The van der Waals surface area contributed by atoms with E-state index < -0.39 is 10.0 Å². The Morgan fingerprint density at radius 3 is 2.52 bits per heavy atom. The maximum Gasteiger partial charge on any atom is 0.213 e. The molecule has 0 amide bonds. The Bertz CT molecular complexity index is 705. The summed E-state index contributed by atoms with van der Waals surface area (Å²) in [6, 6.07) is 7.22. The van der Waals surface area contributed by atoms with Crippen molar-refractivity contribution in [1.82, 2.24) is 9.78 Å². The van der Waals surface area contributed by atoms with Gasteiger partial charge in [-0.25, -0.2) is 13.6 Å². The van der Waals surface area contributed by atoms with Crippen LogP contribution in [0.3, 0.4) is 0 Å². The van der Waals surface area contributed by atoms with Gasteiger partial charge < -0.3 is 5.32 Å². The van der Waals surface area contributed by atoms with E-state index in [-0.39, 0.29) is 5.75 Å². The second kappa shape index (κ2) is 6.28. The number of benzene rings is 1. The van der Waals surface area contributed by atoms with Crippen molar-refractivity contribution in [3.63, 3.8) is 0 Å². The highest BCUT2D eigenvalue weighted by Gasteiger charge is 2.07. The molecular formula is C14H20N4O2S. The maximum absolute atomic E-state index is 11.0. The zero-order chi connectivity index (χ0) is 15.5. The van der Waals surface area contributed by atoms with Gasteiger partial charge in [0.25, 0.3) is 0 Å². The summed E-state index contributed by atoms with van der Waals surface area (Å²) < 4.78 is 23.9. The summed E-state index contributed by atoms with van der Waals surface area (Å²) >= 11 is 0. The van der Waals surface area contributed by atoms with Crippen LogP contribution in [0.25, 0.3) is 0 Å². The Hall–Kier alpha value is -1.86. The summed E-state index contributed by atoms with van der Waals surface area (Å²) in [5, 5.41) is 12.7. The SMILES string of the molecule is CCc1nn(C)cc1CNc1ccc(CS(N)(=O)=O)cc1. The van der Waals surface area contributed by atoms with E-state index in [4.69, 9.17) is 5.14 Å². The summed E-state index contributed by atoms with van der Waals surface area (Å²) in [7, 11) is -1.58. The Morgan fingerprint density at radius 1 is 1.29 bits per heavy atom. The van der Waals surface area contributed by atoms with Gasteiger partial charge in [0.15, 0.2) is 0 Å². The number of primary sulfonamides is 1. The lowest BCUT2D eigenvalue weighted by Crippen LogP contribution is -2.14. The number of nitrogens with one attached hydrogen (secondary N) is 1. The molecule has 1 aromatic heterocycles. The molecule has 3 N–H and O–H groups in total. The molecule has 1 heterocycles.